The van der Waals surface area contributed by atoms with Gasteiger partial charge < -0.3 is 5.11 Å². The Kier molecular flexibility index (Phi) is 2.96. The summed E-state index contributed by atoms with van der Waals surface area (Å²) in [7, 11) is 0. The van der Waals surface area contributed by atoms with Gasteiger partial charge in [0.1, 0.15) is 5.75 Å². The number of aryl methyl sites for hydroxylation is 2. The predicted molar refractivity (Wildman–Crippen MR) is 63.9 cm³/mol. The lowest BCUT2D eigenvalue weighted by Crippen LogP contribution is -1.79. The first kappa shape index (κ1) is 10.8. The fourth-order valence-corrected chi connectivity index (χ4v) is 1.90. The van der Waals surface area contributed by atoms with Crippen LogP contribution in [-0.2, 0) is 0 Å². The number of hydrogen-bond acceptors (Lipinski definition) is 5. The Morgan fingerprint density at radius 2 is 1.88 bits per heavy atom. The molecule has 1 aromatic heterocycles. The summed E-state index contributed by atoms with van der Waals surface area (Å²) in [5.41, 5.74) is 2.59. The first-order chi connectivity index (χ1) is 7.66. The number of hydrogen-bond donors (Lipinski definition) is 1. The van der Waals surface area contributed by atoms with Gasteiger partial charge in [0, 0.05) is 11.6 Å². The van der Waals surface area contributed by atoms with E-state index in [9.17, 15) is 5.11 Å². The molecule has 0 spiro atoms. The van der Waals surface area contributed by atoms with Crippen molar-refractivity contribution in [2.75, 3.05) is 0 Å². The van der Waals surface area contributed by atoms with Gasteiger partial charge >= 0.3 is 0 Å². The Bertz CT molecular complexity index is 497. The second kappa shape index (κ2) is 4.40. The zero-order valence-electron chi connectivity index (χ0n) is 9.01. The van der Waals surface area contributed by atoms with Crippen LogP contribution in [0.25, 0.3) is 0 Å². The van der Waals surface area contributed by atoms with Crippen LogP contribution in [0.1, 0.15) is 11.1 Å². The molecule has 0 aliphatic rings. The summed E-state index contributed by atoms with van der Waals surface area (Å²) in [6.07, 6.45) is 1.69. The number of nitrogens with zero attached hydrogens (tertiary/aromatic N) is 3. The van der Waals surface area contributed by atoms with Crippen LogP contribution < -0.4 is 0 Å². The molecule has 5 heteroatoms. The van der Waals surface area contributed by atoms with Crippen molar-refractivity contribution in [1.82, 2.24) is 4.98 Å². The smallest absolute Gasteiger partial charge is 0.229 e. The van der Waals surface area contributed by atoms with Crippen molar-refractivity contribution in [3.8, 4) is 5.75 Å². The predicted octanol–water partition coefficient (Wildman–Crippen LogP) is 3.88. The van der Waals surface area contributed by atoms with Crippen LogP contribution in [0.4, 0.5) is 10.8 Å². The molecule has 4 nitrogen and oxygen atoms in total. The maximum atomic E-state index is 9.39. The minimum Gasteiger partial charge on any atom is -0.508 e. The standard InChI is InChI=1S/C11H11N3OS/c1-7-5-9(15)6-8(2)10(7)13-14-11-12-3-4-16-11/h3-6,15H,1-2H3/b14-13+. The fraction of sp³-hybridized carbons (Fsp3) is 0.182. The Morgan fingerprint density at radius 1 is 1.19 bits per heavy atom. The van der Waals surface area contributed by atoms with Crippen LogP contribution in [0.2, 0.25) is 0 Å². The van der Waals surface area contributed by atoms with Crippen molar-refractivity contribution < 1.29 is 5.11 Å². The van der Waals surface area contributed by atoms with E-state index in [1.54, 1.807) is 18.3 Å². The lowest BCUT2D eigenvalue weighted by Gasteiger charge is -2.03. The first-order valence-electron chi connectivity index (χ1n) is 4.78. The number of thiazole rings is 1. The molecule has 0 bridgehead atoms. The monoisotopic (exact) mass is 233 g/mol. The molecule has 0 fully saturated rings. The summed E-state index contributed by atoms with van der Waals surface area (Å²) in [5.74, 6) is 0.253. The van der Waals surface area contributed by atoms with Gasteiger partial charge in [0.25, 0.3) is 0 Å². The molecule has 0 aliphatic heterocycles. The third-order valence-corrected chi connectivity index (χ3v) is 2.79. The van der Waals surface area contributed by atoms with Crippen molar-refractivity contribution in [3.63, 3.8) is 0 Å². The molecule has 0 atom stereocenters. The van der Waals surface area contributed by atoms with Gasteiger partial charge in [0.15, 0.2) is 0 Å². The summed E-state index contributed by atoms with van der Waals surface area (Å²) >= 11 is 1.44. The number of benzene rings is 1. The van der Waals surface area contributed by atoms with E-state index >= 15 is 0 Å². The highest BCUT2D eigenvalue weighted by molar-refractivity contribution is 7.13. The van der Waals surface area contributed by atoms with Gasteiger partial charge in [-0.2, -0.15) is 0 Å². The minimum atomic E-state index is 0.253. The summed E-state index contributed by atoms with van der Waals surface area (Å²) in [5, 5.41) is 20.1. The fourth-order valence-electron chi connectivity index (χ4n) is 1.45. The number of rotatable bonds is 2. The molecule has 0 saturated carbocycles. The maximum absolute atomic E-state index is 9.39. The molecular formula is C11H11N3OS. The average molecular weight is 233 g/mol. The molecular weight excluding hydrogens is 222 g/mol. The topological polar surface area (TPSA) is 57.8 Å². The Balaban J connectivity index is 2.35. The van der Waals surface area contributed by atoms with Crippen LogP contribution >= 0.6 is 11.3 Å². The zero-order chi connectivity index (χ0) is 11.5. The highest BCUT2D eigenvalue weighted by Crippen LogP contribution is 2.29. The molecule has 0 saturated heterocycles. The van der Waals surface area contributed by atoms with E-state index in [2.05, 4.69) is 15.2 Å². The van der Waals surface area contributed by atoms with Gasteiger partial charge in [-0.1, -0.05) is 0 Å². The van der Waals surface area contributed by atoms with E-state index in [-0.39, 0.29) is 5.75 Å². The van der Waals surface area contributed by atoms with Crippen molar-refractivity contribution in [2.45, 2.75) is 13.8 Å². The summed E-state index contributed by atoms with van der Waals surface area (Å²) in [6.45, 7) is 3.78. The average Bonchev–Trinajstić information content (AvgIpc) is 2.68. The van der Waals surface area contributed by atoms with Gasteiger partial charge in [-0.15, -0.1) is 21.6 Å². The van der Waals surface area contributed by atoms with E-state index in [0.29, 0.717) is 5.13 Å². The molecule has 1 heterocycles. The van der Waals surface area contributed by atoms with E-state index < -0.39 is 0 Å². The van der Waals surface area contributed by atoms with Crippen molar-refractivity contribution in [1.29, 1.82) is 0 Å². The lowest BCUT2D eigenvalue weighted by atomic mass is 10.1. The Labute approximate surface area is 97.3 Å². The number of phenolic OH excluding ortho intramolecular Hbond substituents is 1. The van der Waals surface area contributed by atoms with Gasteiger partial charge in [0.2, 0.25) is 5.13 Å². The van der Waals surface area contributed by atoms with Crippen LogP contribution in [-0.4, -0.2) is 10.1 Å². The van der Waals surface area contributed by atoms with Crippen LogP contribution in [0.15, 0.2) is 33.9 Å². The van der Waals surface area contributed by atoms with E-state index in [4.69, 9.17) is 0 Å². The summed E-state index contributed by atoms with van der Waals surface area (Å²) in [6, 6.07) is 3.34. The zero-order valence-corrected chi connectivity index (χ0v) is 9.82. The first-order valence-corrected chi connectivity index (χ1v) is 5.66. The summed E-state index contributed by atoms with van der Waals surface area (Å²) < 4.78 is 0. The third-order valence-electron chi connectivity index (χ3n) is 2.13. The molecule has 1 aromatic carbocycles. The van der Waals surface area contributed by atoms with Gasteiger partial charge in [0.05, 0.1) is 5.69 Å². The molecule has 2 aromatic rings. The molecule has 2 rings (SSSR count). The van der Waals surface area contributed by atoms with E-state index in [1.165, 1.54) is 11.3 Å². The number of azo groups is 1. The number of aromatic nitrogens is 1. The van der Waals surface area contributed by atoms with E-state index in [0.717, 1.165) is 16.8 Å². The third kappa shape index (κ3) is 2.25. The molecule has 0 amide bonds. The minimum absolute atomic E-state index is 0.253. The van der Waals surface area contributed by atoms with Crippen molar-refractivity contribution >= 4 is 22.2 Å². The van der Waals surface area contributed by atoms with Gasteiger partial charge in [-0.25, -0.2) is 4.98 Å². The molecule has 0 aliphatic carbocycles. The molecule has 82 valence electrons. The highest BCUT2D eigenvalue weighted by atomic mass is 32.1. The van der Waals surface area contributed by atoms with Crippen LogP contribution in [0.5, 0.6) is 5.75 Å². The van der Waals surface area contributed by atoms with Crippen molar-refractivity contribution in [2.24, 2.45) is 10.2 Å². The normalized spacial score (nSPS) is 11.1. The number of phenols is 1. The molecule has 0 radical (unpaired) electrons. The Morgan fingerprint density at radius 3 is 2.44 bits per heavy atom. The Hall–Kier alpha value is -1.75. The second-order valence-corrected chi connectivity index (χ2v) is 4.32. The maximum Gasteiger partial charge on any atom is 0.229 e. The lowest BCUT2D eigenvalue weighted by molar-refractivity contribution is 0.474. The number of aromatic hydroxyl groups is 1. The molecule has 16 heavy (non-hydrogen) atoms. The molecule has 1 N–H and O–H groups in total. The largest absolute Gasteiger partial charge is 0.508 e. The SMILES string of the molecule is Cc1cc(O)cc(C)c1/N=N/c1nccs1. The van der Waals surface area contributed by atoms with E-state index in [1.807, 2.05) is 19.2 Å². The second-order valence-electron chi connectivity index (χ2n) is 3.44. The van der Waals surface area contributed by atoms with Crippen LogP contribution in [0.3, 0.4) is 0 Å². The molecule has 0 unspecified atom stereocenters. The van der Waals surface area contributed by atoms with Gasteiger partial charge in [-0.05, 0) is 37.1 Å². The summed E-state index contributed by atoms with van der Waals surface area (Å²) in [4.78, 5) is 4.02. The van der Waals surface area contributed by atoms with Crippen molar-refractivity contribution in [3.05, 3.63) is 34.8 Å². The highest BCUT2D eigenvalue weighted by Gasteiger charge is 2.03. The quantitative estimate of drug-likeness (QED) is 0.800. The van der Waals surface area contributed by atoms with Gasteiger partial charge in [-0.3, -0.25) is 0 Å². The van der Waals surface area contributed by atoms with Crippen LogP contribution in [0, 0.1) is 13.8 Å².